The number of rotatable bonds is 6. The van der Waals surface area contributed by atoms with Crippen LogP contribution in [0.15, 0.2) is 47.1 Å². The molecule has 2 aromatic rings. The minimum Gasteiger partial charge on any atom is -0.496 e. The van der Waals surface area contributed by atoms with Crippen molar-refractivity contribution in [3.05, 3.63) is 53.2 Å². The number of carbonyl (C=O) groups excluding carboxylic acids is 1. The Labute approximate surface area is 156 Å². The quantitative estimate of drug-likeness (QED) is 0.575. The van der Waals surface area contributed by atoms with Gasteiger partial charge in [0.25, 0.3) is 0 Å². The predicted octanol–water partition coefficient (Wildman–Crippen LogP) is 3.07. The summed E-state index contributed by atoms with van der Waals surface area (Å²) in [5.41, 5.74) is 1.35. The van der Waals surface area contributed by atoms with Crippen molar-refractivity contribution in [1.82, 2.24) is 0 Å². The van der Waals surface area contributed by atoms with Crippen molar-refractivity contribution >= 4 is 17.9 Å². The standard InChI is InChI=1S/C20H19NO6/c1-23-14-9-8-12(11-17(14)26-4)10-13-20(22)27-19(21-13)18-15(24-2)6-5-7-16(18)25-3/h5-11H,1-4H3/b13-10+. The maximum atomic E-state index is 12.3. The van der Waals surface area contributed by atoms with E-state index in [4.69, 9.17) is 23.7 Å². The van der Waals surface area contributed by atoms with Gasteiger partial charge in [-0.15, -0.1) is 0 Å². The number of hydrogen-bond acceptors (Lipinski definition) is 7. The van der Waals surface area contributed by atoms with Gasteiger partial charge in [-0.3, -0.25) is 0 Å². The number of benzene rings is 2. The molecule has 27 heavy (non-hydrogen) atoms. The zero-order valence-electron chi connectivity index (χ0n) is 15.4. The molecule has 0 amide bonds. The van der Waals surface area contributed by atoms with E-state index in [1.54, 1.807) is 56.7 Å². The van der Waals surface area contributed by atoms with Crippen LogP contribution in [-0.4, -0.2) is 40.3 Å². The van der Waals surface area contributed by atoms with E-state index in [0.717, 1.165) is 5.56 Å². The maximum absolute atomic E-state index is 12.3. The molecule has 0 aromatic heterocycles. The van der Waals surface area contributed by atoms with Crippen LogP contribution >= 0.6 is 0 Å². The van der Waals surface area contributed by atoms with Crippen LogP contribution in [0.1, 0.15) is 11.1 Å². The van der Waals surface area contributed by atoms with E-state index < -0.39 is 5.97 Å². The molecule has 0 saturated heterocycles. The van der Waals surface area contributed by atoms with E-state index in [1.807, 2.05) is 0 Å². The lowest BCUT2D eigenvalue weighted by Gasteiger charge is -2.11. The highest BCUT2D eigenvalue weighted by atomic mass is 16.6. The average molecular weight is 369 g/mol. The summed E-state index contributed by atoms with van der Waals surface area (Å²) in [7, 11) is 6.15. The second kappa shape index (κ2) is 7.82. The van der Waals surface area contributed by atoms with Gasteiger partial charge in [0.1, 0.15) is 17.1 Å². The molecular weight excluding hydrogens is 350 g/mol. The summed E-state index contributed by atoms with van der Waals surface area (Å²) in [5.74, 6) is 1.70. The van der Waals surface area contributed by atoms with Gasteiger partial charge < -0.3 is 23.7 Å². The Hall–Kier alpha value is -3.48. The molecule has 7 heteroatoms. The molecule has 0 aliphatic carbocycles. The van der Waals surface area contributed by atoms with Crippen molar-refractivity contribution in [3.8, 4) is 23.0 Å². The zero-order chi connectivity index (χ0) is 19.4. The molecule has 0 spiro atoms. The molecular formula is C20H19NO6. The molecule has 1 aliphatic rings. The Balaban J connectivity index is 2.02. The van der Waals surface area contributed by atoms with Gasteiger partial charge in [0.15, 0.2) is 17.2 Å². The fourth-order valence-electron chi connectivity index (χ4n) is 2.68. The van der Waals surface area contributed by atoms with E-state index in [-0.39, 0.29) is 11.6 Å². The largest absolute Gasteiger partial charge is 0.496 e. The first-order chi connectivity index (χ1) is 13.1. The molecule has 2 aromatic carbocycles. The molecule has 0 bridgehead atoms. The van der Waals surface area contributed by atoms with Crippen LogP contribution in [0.5, 0.6) is 23.0 Å². The molecule has 0 unspecified atom stereocenters. The molecule has 0 N–H and O–H groups in total. The molecule has 0 radical (unpaired) electrons. The highest BCUT2D eigenvalue weighted by Gasteiger charge is 2.29. The van der Waals surface area contributed by atoms with Gasteiger partial charge in [-0.2, -0.15) is 0 Å². The number of methoxy groups -OCH3 is 4. The number of cyclic esters (lactones) is 1. The zero-order valence-corrected chi connectivity index (χ0v) is 15.4. The number of ether oxygens (including phenoxy) is 5. The first kappa shape index (κ1) is 18.3. The maximum Gasteiger partial charge on any atom is 0.363 e. The second-order valence-electron chi connectivity index (χ2n) is 5.49. The van der Waals surface area contributed by atoms with E-state index in [1.165, 1.54) is 14.2 Å². The summed E-state index contributed by atoms with van der Waals surface area (Å²) in [4.78, 5) is 16.6. The van der Waals surface area contributed by atoms with E-state index in [9.17, 15) is 4.79 Å². The summed E-state index contributed by atoms with van der Waals surface area (Å²) >= 11 is 0. The van der Waals surface area contributed by atoms with Gasteiger partial charge in [-0.05, 0) is 35.9 Å². The van der Waals surface area contributed by atoms with Crippen LogP contribution in [0.4, 0.5) is 0 Å². The molecule has 1 aliphatic heterocycles. The van der Waals surface area contributed by atoms with Crippen molar-refractivity contribution < 1.29 is 28.5 Å². The third-order valence-corrected chi connectivity index (χ3v) is 3.97. The molecule has 140 valence electrons. The van der Waals surface area contributed by atoms with Gasteiger partial charge in [0.05, 0.1) is 28.4 Å². The molecule has 7 nitrogen and oxygen atoms in total. The Bertz CT molecular complexity index is 910. The molecule has 3 rings (SSSR count). The van der Waals surface area contributed by atoms with Crippen molar-refractivity contribution in [3.63, 3.8) is 0 Å². The van der Waals surface area contributed by atoms with Crippen LogP contribution < -0.4 is 18.9 Å². The first-order valence-corrected chi connectivity index (χ1v) is 8.07. The molecule has 0 atom stereocenters. The minimum atomic E-state index is -0.562. The Kier molecular flexibility index (Phi) is 5.30. The highest BCUT2D eigenvalue weighted by Crippen LogP contribution is 2.33. The van der Waals surface area contributed by atoms with Gasteiger partial charge >= 0.3 is 5.97 Å². The summed E-state index contributed by atoms with van der Waals surface area (Å²) in [6.45, 7) is 0. The Morgan fingerprint density at radius 3 is 2.07 bits per heavy atom. The smallest absolute Gasteiger partial charge is 0.363 e. The lowest BCUT2D eigenvalue weighted by atomic mass is 10.1. The van der Waals surface area contributed by atoms with E-state index >= 15 is 0 Å². The third kappa shape index (κ3) is 3.57. The minimum absolute atomic E-state index is 0.126. The molecule has 0 saturated carbocycles. The van der Waals surface area contributed by atoms with Crippen molar-refractivity contribution in [1.29, 1.82) is 0 Å². The predicted molar refractivity (Wildman–Crippen MR) is 99.7 cm³/mol. The second-order valence-corrected chi connectivity index (χ2v) is 5.49. The Morgan fingerprint density at radius 1 is 0.852 bits per heavy atom. The average Bonchev–Trinajstić information content (AvgIpc) is 3.06. The third-order valence-electron chi connectivity index (χ3n) is 3.97. The van der Waals surface area contributed by atoms with Crippen molar-refractivity contribution in [2.75, 3.05) is 28.4 Å². The number of hydrogen-bond donors (Lipinski definition) is 0. The van der Waals surface area contributed by atoms with Crippen LogP contribution in [0, 0.1) is 0 Å². The summed E-state index contributed by atoms with van der Waals surface area (Å²) in [6, 6.07) is 10.5. The number of aliphatic imine (C=N–C) groups is 1. The first-order valence-electron chi connectivity index (χ1n) is 8.07. The van der Waals surface area contributed by atoms with E-state index in [0.29, 0.717) is 28.6 Å². The van der Waals surface area contributed by atoms with Crippen molar-refractivity contribution in [2.24, 2.45) is 4.99 Å². The van der Waals surface area contributed by atoms with Crippen molar-refractivity contribution in [2.45, 2.75) is 0 Å². The Morgan fingerprint density at radius 2 is 1.48 bits per heavy atom. The normalized spacial score (nSPS) is 14.6. The molecule has 0 fully saturated rings. The number of esters is 1. The molecule has 1 heterocycles. The lowest BCUT2D eigenvalue weighted by molar-refractivity contribution is -0.129. The van der Waals surface area contributed by atoms with Crippen LogP contribution in [-0.2, 0) is 9.53 Å². The van der Waals surface area contributed by atoms with Crippen LogP contribution in [0.2, 0.25) is 0 Å². The monoisotopic (exact) mass is 369 g/mol. The van der Waals surface area contributed by atoms with Crippen LogP contribution in [0.3, 0.4) is 0 Å². The summed E-state index contributed by atoms with van der Waals surface area (Å²) < 4.78 is 26.5. The lowest BCUT2D eigenvalue weighted by Crippen LogP contribution is -2.08. The number of carbonyl (C=O) groups is 1. The van der Waals surface area contributed by atoms with Gasteiger partial charge in [0.2, 0.25) is 5.90 Å². The van der Waals surface area contributed by atoms with Crippen LogP contribution in [0.25, 0.3) is 6.08 Å². The summed E-state index contributed by atoms with van der Waals surface area (Å²) in [6.07, 6.45) is 1.61. The number of nitrogens with zero attached hydrogens (tertiary/aromatic N) is 1. The fraction of sp³-hybridized carbons (Fsp3) is 0.200. The van der Waals surface area contributed by atoms with E-state index in [2.05, 4.69) is 4.99 Å². The topological polar surface area (TPSA) is 75.6 Å². The van der Waals surface area contributed by atoms with Gasteiger partial charge in [-0.1, -0.05) is 12.1 Å². The summed E-state index contributed by atoms with van der Waals surface area (Å²) in [5, 5.41) is 0. The van der Waals surface area contributed by atoms with Gasteiger partial charge in [0, 0.05) is 0 Å². The van der Waals surface area contributed by atoms with Gasteiger partial charge in [-0.25, -0.2) is 9.79 Å². The highest BCUT2D eigenvalue weighted by molar-refractivity contribution is 6.14. The fourth-order valence-corrected chi connectivity index (χ4v) is 2.68. The SMILES string of the molecule is COc1ccc(/C=C2/N=C(c3c(OC)cccc3OC)OC2=O)cc1OC.